The Morgan fingerprint density at radius 3 is 2.00 bits per heavy atom. The van der Waals surface area contributed by atoms with Gasteiger partial charge in [0.05, 0.1) is 0 Å². The van der Waals surface area contributed by atoms with Gasteiger partial charge in [0.2, 0.25) is 0 Å². The standard InChI is InChI=1S/C9H16N/c1-2-4-8-6-10-7-9(8)5-3-1/h8-9H,1-7H2. The third kappa shape index (κ3) is 1.20. The van der Waals surface area contributed by atoms with Gasteiger partial charge in [0.15, 0.2) is 0 Å². The van der Waals surface area contributed by atoms with Gasteiger partial charge in [-0.15, -0.1) is 0 Å². The second-order valence-electron chi connectivity index (χ2n) is 3.75. The van der Waals surface area contributed by atoms with E-state index in [4.69, 9.17) is 0 Å². The lowest BCUT2D eigenvalue weighted by molar-refractivity contribution is 0.397. The van der Waals surface area contributed by atoms with Crippen LogP contribution in [0.4, 0.5) is 0 Å². The van der Waals surface area contributed by atoms with Crippen LogP contribution in [0.2, 0.25) is 0 Å². The second kappa shape index (κ2) is 2.91. The Kier molecular flexibility index (Phi) is 1.94. The van der Waals surface area contributed by atoms with E-state index in [1.54, 1.807) is 0 Å². The van der Waals surface area contributed by atoms with E-state index in [1.807, 2.05) is 0 Å². The van der Waals surface area contributed by atoms with Crippen molar-refractivity contribution in [1.29, 1.82) is 0 Å². The van der Waals surface area contributed by atoms with Gasteiger partial charge in [0.25, 0.3) is 0 Å². The van der Waals surface area contributed by atoms with Gasteiger partial charge in [0.1, 0.15) is 0 Å². The quantitative estimate of drug-likeness (QED) is 0.484. The van der Waals surface area contributed by atoms with E-state index in [1.165, 1.54) is 45.2 Å². The first-order chi connectivity index (χ1) is 4.97. The average Bonchev–Trinajstić information content (AvgIpc) is 2.28. The van der Waals surface area contributed by atoms with E-state index in [2.05, 4.69) is 5.32 Å². The average molecular weight is 138 g/mol. The highest BCUT2D eigenvalue weighted by Gasteiger charge is 2.28. The zero-order valence-electron chi connectivity index (χ0n) is 6.55. The van der Waals surface area contributed by atoms with Crippen molar-refractivity contribution in [2.24, 2.45) is 11.8 Å². The second-order valence-corrected chi connectivity index (χ2v) is 3.75. The van der Waals surface area contributed by atoms with Crippen LogP contribution in [0.15, 0.2) is 0 Å². The zero-order valence-corrected chi connectivity index (χ0v) is 6.55. The molecule has 1 aliphatic carbocycles. The highest BCUT2D eigenvalue weighted by molar-refractivity contribution is 4.82. The maximum Gasteiger partial charge on any atom is 0.0164 e. The predicted molar refractivity (Wildman–Crippen MR) is 41.9 cm³/mol. The summed E-state index contributed by atoms with van der Waals surface area (Å²) in [5.41, 5.74) is 0. The lowest BCUT2D eigenvalue weighted by Crippen LogP contribution is -2.09. The summed E-state index contributed by atoms with van der Waals surface area (Å²) in [4.78, 5) is 0. The van der Waals surface area contributed by atoms with E-state index in [9.17, 15) is 0 Å². The first kappa shape index (κ1) is 6.66. The molecule has 1 nitrogen and oxygen atoms in total. The minimum Gasteiger partial charge on any atom is -0.241 e. The zero-order chi connectivity index (χ0) is 6.81. The Bertz CT molecular complexity index is 99.3. The first-order valence-corrected chi connectivity index (χ1v) is 4.60. The van der Waals surface area contributed by atoms with Crippen LogP contribution < -0.4 is 5.32 Å². The largest absolute Gasteiger partial charge is 0.241 e. The molecule has 0 aromatic rings. The normalized spacial score (nSPS) is 40.8. The van der Waals surface area contributed by atoms with Crippen molar-refractivity contribution in [3.63, 3.8) is 0 Å². The molecule has 0 N–H and O–H groups in total. The number of hydrogen-bond acceptors (Lipinski definition) is 0. The summed E-state index contributed by atoms with van der Waals surface area (Å²) in [5.74, 6) is 1.98. The SMILES string of the molecule is C1CCC2C[N]CC2CC1. The summed E-state index contributed by atoms with van der Waals surface area (Å²) in [6, 6.07) is 0. The van der Waals surface area contributed by atoms with Crippen LogP contribution in [0, 0.1) is 11.8 Å². The molecule has 2 unspecified atom stereocenters. The van der Waals surface area contributed by atoms with Gasteiger partial charge in [0, 0.05) is 13.1 Å². The topological polar surface area (TPSA) is 14.1 Å². The van der Waals surface area contributed by atoms with Crippen molar-refractivity contribution >= 4 is 0 Å². The number of rotatable bonds is 0. The van der Waals surface area contributed by atoms with E-state index in [0.717, 1.165) is 11.8 Å². The van der Waals surface area contributed by atoms with Gasteiger partial charge >= 0.3 is 0 Å². The van der Waals surface area contributed by atoms with Crippen LogP contribution in [0.3, 0.4) is 0 Å². The minimum atomic E-state index is 0.988. The minimum absolute atomic E-state index is 0.988. The van der Waals surface area contributed by atoms with Crippen LogP contribution in [0.25, 0.3) is 0 Å². The Morgan fingerprint density at radius 1 is 0.800 bits per heavy atom. The lowest BCUT2D eigenvalue weighted by Gasteiger charge is -2.12. The van der Waals surface area contributed by atoms with Crippen molar-refractivity contribution in [1.82, 2.24) is 5.32 Å². The van der Waals surface area contributed by atoms with Crippen LogP contribution in [0.5, 0.6) is 0 Å². The van der Waals surface area contributed by atoms with Crippen molar-refractivity contribution in [2.45, 2.75) is 32.1 Å². The lowest BCUT2D eigenvalue weighted by atomic mass is 9.92. The Balaban J connectivity index is 1.95. The summed E-state index contributed by atoms with van der Waals surface area (Å²) < 4.78 is 0. The van der Waals surface area contributed by atoms with Gasteiger partial charge in [-0.05, 0) is 24.7 Å². The van der Waals surface area contributed by atoms with Crippen LogP contribution in [0.1, 0.15) is 32.1 Å². The van der Waals surface area contributed by atoms with Gasteiger partial charge in [-0.1, -0.05) is 19.3 Å². The van der Waals surface area contributed by atoms with Gasteiger partial charge in [-0.3, -0.25) is 0 Å². The van der Waals surface area contributed by atoms with Gasteiger partial charge in [-0.2, -0.15) is 0 Å². The van der Waals surface area contributed by atoms with E-state index in [0.29, 0.717) is 0 Å². The number of nitrogens with zero attached hydrogens (tertiary/aromatic N) is 1. The molecule has 1 saturated heterocycles. The summed E-state index contributed by atoms with van der Waals surface area (Å²) in [7, 11) is 0. The third-order valence-corrected chi connectivity index (χ3v) is 3.04. The Hall–Kier alpha value is -0.0400. The molecular formula is C9H16N. The summed E-state index contributed by atoms with van der Waals surface area (Å²) >= 11 is 0. The fourth-order valence-corrected chi connectivity index (χ4v) is 2.35. The molecule has 0 bridgehead atoms. The first-order valence-electron chi connectivity index (χ1n) is 4.60. The molecule has 0 amide bonds. The maximum absolute atomic E-state index is 4.47. The van der Waals surface area contributed by atoms with Crippen molar-refractivity contribution < 1.29 is 0 Å². The monoisotopic (exact) mass is 138 g/mol. The van der Waals surface area contributed by atoms with Gasteiger partial charge in [-0.25, -0.2) is 5.32 Å². The summed E-state index contributed by atoms with van der Waals surface area (Å²) in [5, 5.41) is 4.47. The molecule has 0 aromatic heterocycles. The summed E-state index contributed by atoms with van der Waals surface area (Å²) in [6.45, 7) is 2.37. The fraction of sp³-hybridized carbons (Fsp3) is 1.00. The third-order valence-electron chi connectivity index (χ3n) is 3.04. The number of hydrogen-bond donors (Lipinski definition) is 0. The molecule has 1 heteroatoms. The highest BCUT2D eigenvalue weighted by Crippen LogP contribution is 2.31. The van der Waals surface area contributed by atoms with Crippen molar-refractivity contribution in [3.05, 3.63) is 0 Å². The molecule has 2 fully saturated rings. The van der Waals surface area contributed by atoms with Gasteiger partial charge < -0.3 is 0 Å². The Labute approximate surface area is 63.2 Å². The van der Waals surface area contributed by atoms with Crippen LogP contribution in [-0.4, -0.2) is 13.1 Å². The molecule has 1 saturated carbocycles. The molecule has 0 aromatic carbocycles. The maximum atomic E-state index is 4.47. The molecule has 0 spiro atoms. The van der Waals surface area contributed by atoms with E-state index in [-0.39, 0.29) is 0 Å². The van der Waals surface area contributed by atoms with Crippen molar-refractivity contribution in [3.8, 4) is 0 Å². The molecule has 2 atom stereocenters. The number of fused-ring (bicyclic) bond motifs is 1. The molecule has 1 radical (unpaired) electrons. The molecule has 2 rings (SSSR count). The molecule has 1 aliphatic heterocycles. The molecular weight excluding hydrogens is 122 g/mol. The predicted octanol–water partition coefficient (Wildman–Crippen LogP) is 1.80. The smallest absolute Gasteiger partial charge is 0.0164 e. The van der Waals surface area contributed by atoms with Crippen molar-refractivity contribution in [2.75, 3.05) is 13.1 Å². The van der Waals surface area contributed by atoms with E-state index >= 15 is 0 Å². The fourth-order valence-electron chi connectivity index (χ4n) is 2.35. The molecule has 57 valence electrons. The van der Waals surface area contributed by atoms with Crippen LogP contribution in [-0.2, 0) is 0 Å². The van der Waals surface area contributed by atoms with E-state index < -0.39 is 0 Å². The molecule has 10 heavy (non-hydrogen) atoms. The molecule has 1 heterocycles. The highest BCUT2D eigenvalue weighted by atomic mass is 14.9. The summed E-state index contributed by atoms with van der Waals surface area (Å²) in [6.07, 6.45) is 7.35. The molecule has 2 aliphatic rings. The Morgan fingerprint density at radius 2 is 1.40 bits per heavy atom. The van der Waals surface area contributed by atoms with Crippen LogP contribution >= 0.6 is 0 Å².